The Morgan fingerprint density at radius 2 is 1.94 bits per heavy atom. The van der Waals surface area contributed by atoms with Gasteiger partial charge in [0.25, 0.3) is 0 Å². The van der Waals surface area contributed by atoms with Gasteiger partial charge in [0.1, 0.15) is 30.0 Å². The van der Waals surface area contributed by atoms with Gasteiger partial charge in [-0.1, -0.05) is 20.8 Å². The van der Waals surface area contributed by atoms with Crippen molar-refractivity contribution in [1.82, 2.24) is 0 Å². The van der Waals surface area contributed by atoms with Gasteiger partial charge in [-0.3, -0.25) is 4.79 Å². The van der Waals surface area contributed by atoms with Crippen molar-refractivity contribution in [1.29, 1.82) is 0 Å². The fraction of sp³-hybridized carbons (Fsp3) is 0.792. The first-order valence-electron chi connectivity index (χ1n) is 12.0. The van der Waals surface area contributed by atoms with Crippen LogP contribution in [0.1, 0.15) is 52.9 Å². The molecule has 7 rings (SSSR count). The summed E-state index contributed by atoms with van der Waals surface area (Å²) in [5.74, 6) is -1.94. The quantitative estimate of drug-likeness (QED) is 0.232. The number of cyclic esters (lactones) is 1. The molecule has 5 fully saturated rings. The van der Waals surface area contributed by atoms with Gasteiger partial charge in [0.15, 0.2) is 11.7 Å². The zero-order valence-corrected chi connectivity index (χ0v) is 21.9. The fourth-order valence-corrected chi connectivity index (χ4v) is 8.24. The number of carboxylic acids is 1. The van der Waals surface area contributed by atoms with Gasteiger partial charge in [0.05, 0.1) is 12.5 Å². The van der Waals surface area contributed by atoms with E-state index in [1.807, 2.05) is 13.8 Å². The van der Waals surface area contributed by atoms with E-state index >= 15 is 0 Å². The average Bonchev–Trinajstić information content (AvgIpc) is 3.65. The van der Waals surface area contributed by atoms with Crippen LogP contribution in [0.25, 0.3) is 0 Å². The standard InChI is InChI=1S/C24H28O9.Na/c1-10(2)22-17(32-22)18-24(33-18)21(3)7-6-11-12(9-29-19(11)28)13(21)8-14-23(24,31-14)20(22)30-16(27)5-4-15(25)26;/h10,13-14,17-18,20H,4-9H2,1-3H3,(H,25,26);/q;+1/p-1/t13-,14-,17-,18-,20+,21+,22-,23+,24+;/m0./s1. The summed E-state index contributed by atoms with van der Waals surface area (Å²) in [7, 11) is 0. The van der Waals surface area contributed by atoms with Crippen molar-refractivity contribution < 1.29 is 72.7 Å². The smallest absolute Gasteiger partial charge is 0.550 e. The average molecular weight is 482 g/mol. The maximum atomic E-state index is 12.7. The van der Waals surface area contributed by atoms with E-state index in [0.717, 1.165) is 17.6 Å². The molecule has 34 heavy (non-hydrogen) atoms. The van der Waals surface area contributed by atoms with Gasteiger partial charge in [-0.2, -0.15) is 0 Å². The van der Waals surface area contributed by atoms with E-state index < -0.39 is 41.3 Å². The summed E-state index contributed by atoms with van der Waals surface area (Å²) in [6.45, 7) is 6.62. The molecule has 9 nitrogen and oxygen atoms in total. The van der Waals surface area contributed by atoms with Crippen molar-refractivity contribution in [3.05, 3.63) is 11.1 Å². The molecule has 3 saturated heterocycles. The molecule has 0 aromatic rings. The van der Waals surface area contributed by atoms with Crippen molar-refractivity contribution in [3.8, 4) is 0 Å². The molecule has 0 amide bonds. The summed E-state index contributed by atoms with van der Waals surface area (Å²) < 4.78 is 30.9. The molecule has 0 aromatic carbocycles. The van der Waals surface area contributed by atoms with Gasteiger partial charge in [0.2, 0.25) is 0 Å². The second kappa shape index (κ2) is 6.86. The number of rotatable bonds is 5. The monoisotopic (exact) mass is 482 g/mol. The van der Waals surface area contributed by atoms with Crippen molar-refractivity contribution >= 4 is 17.9 Å². The Morgan fingerprint density at radius 1 is 1.18 bits per heavy atom. The predicted octanol–water partition coefficient (Wildman–Crippen LogP) is -2.81. The van der Waals surface area contributed by atoms with Crippen molar-refractivity contribution in [3.63, 3.8) is 0 Å². The number of fused-ring (bicyclic) bond motifs is 4. The summed E-state index contributed by atoms with van der Waals surface area (Å²) in [5.41, 5.74) is -0.635. The van der Waals surface area contributed by atoms with E-state index in [9.17, 15) is 19.5 Å². The number of aliphatic carboxylic acids is 1. The maximum absolute atomic E-state index is 12.7. The maximum Gasteiger partial charge on any atom is 1.00 e. The molecule has 178 valence electrons. The zero-order chi connectivity index (χ0) is 23.1. The Bertz CT molecular complexity index is 1060. The van der Waals surface area contributed by atoms with Crippen molar-refractivity contribution in [2.24, 2.45) is 17.3 Å². The molecule has 10 heteroatoms. The summed E-state index contributed by atoms with van der Waals surface area (Å²) >= 11 is 0. The van der Waals surface area contributed by atoms with E-state index in [1.165, 1.54) is 0 Å². The SMILES string of the molecule is CC(C)[C@]12O[C@H]1[C@@H]1O[C@]13[C@]1(O[C@H]1C[C@H]1C4=C(CC[C@]13C)C(=O)OC4)[C@@H]2OC(=O)CCC(=O)[O-].[Na+]. The molecule has 0 bridgehead atoms. The second-order valence-corrected chi connectivity index (χ2v) is 11.2. The molecule has 9 atom stereocenters. The first-order chi connectivity index (χ1) is 15.6. The normalized spacial score (nSPS) is 50.4. The van der Waals surface area contributed by atoms with Crippen LogP contribution in [-0.2, 0) is 38.1 Å². The number of carboxylic acid groups (broad SMARTS) is 1. The van der Waals surface area contributed by atoms with E-state index in [2.05, 4.69) is 6.92 Å². The van der Waals surface area contributed by atoms with Gasteiger partial charge in [-0.05, 0) is 43.1 Å². The molecule has 7 aliphatic rings. The number of carbonyl (C=O) groups is 3. The number of hydrogen-bond acceptors (Lipinski definition) is 9. The van der Waals surface area contributed by atoms with Crippen molar-refractivity contribution in [2.45, 2.75) is 94.1 Å². The van der Waals surface area contributed by atoms with E-state index in [4.69, 9.17) is 23.7 Å². The zero-order valence-electron chi connectivity index (χ0n) is 19.9. The molecular weight excluding hydrogens is 455 g/mol. The van der Waals surface area contributed by atoms with Gasteiger partial charge in [-0.25, -0.2) is 4.79 Å². The number of ether oxygens (including phenoxy) is 5. The first kappa shape index (κ1) is 23.4. The third-order valence-electron chi connectivity index (χ3n) is 9.85. The molecule has 3 aliphatic carbocycles. The molecule has 0 aromatic heterocycles. The third kappa shape index (κ3) is 2.40. The van der Waals surface area contributed by atoms with Gasteiger partial charge >= 0.3 is 41.5 Å². The second-order valence-electron chi connectivity index (χ2n) is 11.2. The molecule has 2 spiro atoms. The Labute approximate surface area is 219 Å². The Morgan fingerprint density at radius 3 is 2.65 bits per heavy atom. The molecule has 4 aliphatic heterocycles. The van der Waals surface area contributed by atoms with Crippen molar-refractivity contribution in [2.75, 3.05) is 6.61 Å². The van der Waals surface area contributed by atoms with Crippen LogP contribution in [0.4, 0.5) is 0 Å². The number of carbonyl (C=O) groups excluding carboxylic acids is 3. The summed E-state index contributed by atoms with van der Waals surface area (Å²) in [6, 6.07) is 0. The summed E-state index contributed by atoms with van der Waals surface area (Å²) in [5, 5.41) is 10.9. The van der Waals surface area contributed by atoms with Crippen LogP contribution in [-0.4, -0.2) is 65.7 Å². The van der Waals surface area contributed by atoms with Crippen LogP contribution in [0.3, 0.4) is 0 Å². The van der Waals surface area contributed by atoms with E-state index in [1.54, 1.807) is 0 Å². The number of esters is 2. The van der Waals surface area contributed by atoms with Gasteiger partial charge in [0, 0.05) is 17.0 Å². The minimum Gasteiger partial charge on any atom is -0.550 e. The number of epoxide rings is 3. The molecule has 0 N–H and O–H groups in total. The van der Waals surface area contributed by atoms with Gasteiger partial charge in [-0.15, -0.1) is 0 Å². The predicted molar refractivity (Wildman–Crippen MR) is 105 cm³/mol. The molecule has 4 heterocycles. The Balaban J connectivity index is 0.00000217. The Hall–Kier alpha value is -0.970. The minimum absolute atomic E-state index is 0. The van der Waals surface area contributed by atoms with Gasteiger partial charge < -0.3 is 33.6 Å². The molecule has 0 radical (unpaired) electrons. The molecule has 2 saturated carbocycles. The first-order valence-corrected chi connectivity index (χ1v) is 12.0. The van der Waals surface area contributed by atoms with Crippen LogP contribution >= 0.6 is 0 Å². The van der Waals surface area contributed by atoms with Crippen LogP contribution in [0.5, 0.6) is 0 Å². The van der Waals surface area contributed by atoms with Crippen LogP contribution in [0, 0.1) is 17.3 Å². The van der Waals surface area contributed by atoms with Crippen LogP contribution in [0.15, 0.2) is 11.1 Å². The largest absolute Gasteiger partial charge is 1.00 e. The topological polar surface area (TPSA) is 130 Å². The van der Waals surface area contributed by atoms with Crippen LogP contribution < -0.4 is 34.7 Å². The summed E-state index contributed by atoms with van der Waals surface area (Å²) in [6.07, 6.45) is 0.210. The van der Waals surface area contributed by atoms with E-state index in [0.29, 0.717) is 19.4 Å². The minimum atomic E-state index is -1.29. The summed E-state index contributed by atoms with van der Waals surface area (Å²) in [4.78, 5) is 35.8. The molecular formula is C24H27NaO9. The molecule has 0 unspecified atom stereocenters. The third-order valence-corrected chi connectivity index (χ3v) is 9.85. The number of hydrogen-bond donors (Lipinski definition) is 0. The van der Waals surface area contributed by atoms with Crippen LogP contribution in [0.2, 0.25) is 0 Å². The Kier molecular flexibility index (Phi) is 4.73. The van der Waals surface area contributed by atoms with E-state index in [-0.39, 0.29) is 77.5 Å². The fourth-order valence-electron chi connectivity index (χ4n) is 8.24.